The molecule has 0 saturated heterocycles. The summed E-state index contributed by atoms with van der Waals surface area (Å²) in [6, 6.07) is 0. The molecule has 2 amide bonds. The SMILES string of the molecule is NC(=O)OCCCCCCNC(=O)CCl. The van der Waals surface area contributed by atoms with Crippen LogP contribution in [0.2, 0.25) is 0 Å². The molecular formula is C9H17ClN2O3. The van der Waals surface area contributed by atoms with E-state index in [-0.39, 0.29) is 11.8 Å². The van der Waals surface area contributed by atoms with E-state index >= 15 is 0 Å². The molecular weight excluding hydrogens is 220 g/mol. The van der Waals surface area contributed by atoms with Gasteiger partial charge in [-0.05, 0) is 19.3 Å². The summed E-state index contributed by atoms with van der Waals surface area (Å²) in [5.74, 6) is -0.138. The van der Waals surface area contributed by atoms with Crippen LogP contribution < -0.4 is 11.1 Å². The molecule has 15 heavy (non-hydrogen) atoms. The van der Waals surface area contributed by atoms with Crippen LogP contribution in [0.25, 0.3) is 0 Å². The van der Waals surface area contributed by atoms with Crippen molar-refractivity contribution in [1.29, 1.82) is 0 Å². The number of ether oxygens (including phenoxy) is 1. The molecule has 0 aromatic rings. The van der Waals surface area contributed by atoms with E-state index in [0.717, 1.165) is 25.7 Å². The van der Waals surface area contributed by atoms with Crippen molar-refractivity contribution in [3.8, 4) is 0 Å². The number of halogens is 1. The molecule has 3 N–H and O–H groups in total. The number of rotatable bonds is 8. The van der Waals surface area contributed by atoms with Gasteiger partial charge in [0, 0.05) is 6.54 Å². The second-order valence-electron chi connectivity index (χ2n) is 3.07. The molecule has 0 saturated carbocycles. The van der Waals surface area contributed by atoms with Crippen LogP contribution in [0.1, 0.15) is 25.7 Å². The van der Waals surface area contributed by atoms with Crippen LogP contribution in [-0.2, 0) is 9.53 Å². The molecule has 0 bridgehead atoms. The number of hydrogen-bond acceptors (Lipinski definition) is 3. The molecule has 6 heteroatoms. The van der Waals surface area contributed by atoms with Crippen LogP contribution in [0, 0.1) is 0 Å². The number of carbonyl (C=O) groups is 2. The highest BCUT2D eigenvalue weighted by Gasteiger charge is 1.97. The van der Waals surface area contributed by atoms with Crippen molar-refractivity contribution < 1.29 is 14.3 Å². The number of alkyl halides is 1. The summed E-state index contributed by atoms with van der Waals surface area (Å²) in [6.07, 6.45) is 2.89. The number of nitrogens with one attached hydrogen (secondary N) is 1. The lowest BCUT2D eigenvalue weighted by molar-refractivity contribution is -0.118. The van der Waals surface area contributed by atoms with Gasteiger partial charge in [0.1, 0.15) is 5.88 Å². The second kappa shape index (κ2) is 9.58. The van der Waals surface area contributed by atoms with Gasteiger partial charge in [-0.15, -0.1) is 11.6 Å². The fourth-order valence-electron chi connectivity index (χ4n) is 1.03. The van der Waals surface area contributed by atoms with E-state index in [4.69, 9.17) is 17.3 Å². The van der Waals surface area contributed by atoms with Gasteiger partial charge in [-0.1, -0.05) is 6.42 Å². The normalized spacial score (nSPS) is 9.67. The number of primary amides is 1. The fourth-order valence-corrected chi connectivity index (χ4v) is 1.12. The zero-order valence-corrected chi connectivity index (χ0v) is 9.39. The number of unbranched alkanes of at least 4 members (excludes halogenated alkanes) is 3. The first-order chi connectivity index (χ1) is 7.16. The van der Waals surface area contributed by atoms with E-state index in [1.54, 1.807) is 0 Å². The topological polar surface area (TPSA) is 81.4 Å². The van der Waals surface area contributed by atoms with Gasteiger partial charge in [0.2, 0.25) is 5.91 Å². The van der Waals surface area contributed by atoms with Crippen LogP contribution in [0.4, 0.5) is 4.79 Å². The highest BCUT2D eigenvalue weighted by Crippen LogP contribution is 1.99. The molecule has 0 unspecified atom stereocenters. The summed E-state index contributed by atoms with van der Waals surface area (Å²) in [4.78, 5) is 20.9. The van der Waals surface area contributed by atoms with Gasteiger partial charge in [0.05, 0.1) is 6.61 Å². The van der Waals surface area contributed by atoms with E-state index < -0.39 is 6.09 Å². The van der Waals surface area contributed by atoms with Crippen molar-refractivity contribution in [3.63, 3.8) is 0 Å². The van der Waals surface area contributed by atoms with Gasteiger partial charge in [0.25, 0.3) is 0 Å². The summed E-state index contributed by atoms with van der Waals surface area (Å²) >= 11 is 5.29. The van der Waals surface area contributed by atoms with E-state index in [9.17, 15) is 9.59 Å². The smallest absolute Gasteiger partial charge is 0.404 e. The first kappa shape index (κ1) is 14.0. The highest BCUT2D eigenvalue weighted by atomic mass is 35.5. The molecule has 0 rings (SSSR count). The lowest BCUT2D eigenvalue weighted by Crippen LogP contribution is -2.25. The lowest BCUT2D eigenvalue weighted by atomic mass is 10.2. The lowest BCUT2D eigenvalue weighted by Gasteiger charge is -2.03. The molecule has 5 nitrogen and oxygen atoms in total. The molecule has 0 spiro atoms. The molecule has 0 radical (unpaired) electrons. The van der Waals surface area contributed by atoms with Crippen molar-refractivity contribution in [2.45, 2.75) is 25.7 Å². The summed E-state index contributed by atoms with van der Waals surface area (Å²) in [5.41, 5.74) is 4.78. The summed E-state index contributed by atoms with van der Waals surface area (Å²) in [7, 11) is 0. The van der Waals surface area contributed by atoms with Gasteiger partial charge >= 0.3 is 6.09 Å². The van der Waals surface area contributed by atoms with Crippen LogP contribution in [0.15, 0.2) is 0 Å². The Morgan fingerprint density at radius 2 is 1.87 bits per heavy atom. The summed E-state index contributed by atoms with van der Waals surface area (Å²) < 4.78 is 4.56. The third-order valence-corrected chi connectivity index (χ3v) is 2.00. The first-order valence-corrected chi connectivity index (χ1v) is 5.45. The number of hydrogen-bond donors (Lipinski definition) is 2. The second-order valence-corrected chi connectivity index (χ2v) is 3.33. The largest absolute Gasteiger partial charge is 0.450 e. The van der Waals surface area contributed by atoms with Crippen molar-refractivity contribution in [2.24, 2.45) is 5.73 Å². The highest BCUT2D eigenvalue weighted by molar-refractivity contribution is 6.27. The first-order valence-electron chi connectivity index (χ1n) is 4.91. The van der Waals surface area contributed by atoms with Gasteiger partial charge in [-0.2, -0.15) is 0 Å². The fraction of sp³-hybridized carbons (Fsp3) is 0.778. The molecule has 0 aromatic heterocycles. The average molecular weight is 237 g/mol. The number of nitrogens with two attached hydrogens (primary N) is 1. The van der Waals surface area contributed by atoms with E-state index in [2.05, 4.69) is 10.1 Å². The van der Waals surface area contributed by atoms with E-state index in [1.807, 2.05) is 0 Å². The molecule has 0 heterocycles. The van der Waals surface area contributed by atoms with E-state index in [1.165, 1.54) is 0 Å². The van der Waals surface area contributed by atoms with Gasteiger partial charge in [0.15, 0.2) is 0 Å². The maximum atomic E-state index is 10.7. The molecule has 0 fully saturated rings. The molecule has 0 aromatic carbocycles. The Balaban J connectivity index is 3.05. The number of carbonyl (C=O) groups excluding carboxylic acids is 2. The molecule has 88 valence electrons. The van der Waals surface area contributed by atoms with Gasteiger partial charge in [-0.3, -0.25) is 4.79 Å². The third kappa shape index (κ3) is 11.0. The Morgan fingerprint density at radius 3 is 2.47 bits per heavy atom. The van der Waals surface area contributed by atoms with Crippen LogP contribution >= 0.6 is 11.6 Å². The summed E-state index contributed by atoms with van der Waals surface area (Å²) in [6.45, 7) is 1.01. The maximum absolute atomic E-state index is 10.7. The average Bonchev–Trinajstić information content (AvgIpc) is 2.21. The predicted octanol–water partition coefficient (Wildman–Crippen LogP) is 0.997. The molecule has 0 atom stereocenters. The zero-order valence-electron chi connectivity index (χ0n) is 8.63. The van der Waals surface area contributed by atoms with E-state index in [0.29, 0.717) is 13.2 Å². The van der Waals surface area contributed by atoms with Crippen molar-refractivity contribution in [2.75, 3.05) is 19.0 Å². The standard InChI is InChI=1S/C9H17ClN2O3/c10-7-8(13)12-5-3-1-2-4-6-15-9(11)14/h1-7H2,(H2,11,14)(H,12,13). The Hall–Kier alpha value is -0.970. The maximum Gasteiger partial charge on any atom is 0.404 e. The molecule has 0 aliphatic carbocycles. The minimum atomic E-state index is -0.732. The monoisotopic (exact) mass is 236 g/mol. The van der Waals surface area contributed by atoms with Crippen molar-refractivity contribution in [1.82, 2.24) is 5.32 Å². The Bertz CT molecular complexity index is 200. The zero-order chi connectivity index (χ0) is 11.5. The van der Waals surface area contributed by atoms with Crippen molar-refractivity contribution in [3.05, 3.63) is 0 Å². The minimum Gasteiger partial charge on any atom is -0.450 e. The minimum absolute atomic E-state index is 0.00640. The van der Waals surface area contributed by atoms with Crippen LogP contribution in [0.5, 0.6) is 0 Å². The van der Waals surface area contributed by atoms with Gasteiger partial charge in [-0.25, -0.2) is 4.79 Å². The molecule has 0 aliphatic heterocycles. The predicted molar refractivity (Wildman–Crippen MR) is 57.7 cm³/mol. The Morgan fingerprint density at radius 1 is 1.20 bits per heavy atom. The van der Waals surface area contributed by atoms with Gasteiger partial charge < -0.3 is 15.8 Å². The quantitative estimate of drug-likeness (QED) is 0.487. The Labute approximate surface area is 94.3 Å². The van der Waals surface area contributed by atoms with Crippen molar-refractivity contribution >= 4 is 23.6 Å². The third-order valence-electron chi connectivity index (χ3n) is 1.76. The number of amides is 2. The molecule has 0 aliphatic rings. The van der Waals surface area contributed by atoms with Crippen LogP contribution in [0.3, 0.4) is 0 Å². The Kier molecular flexibility index (Phi) is 8.96. The summed E-state index contributed by atoms with van der Waals surface area (Å²) in [5, 5.41) is 2.67. The van der Waals surface area contributed by atoms with Crippen LogP contribution in [-0.4, -0.2) is 31.0 Å².